The Morgan fingerprint density at radius 2 is 1.77 bits per heavy atom. The predicted octanol–water partition coefficient (Wildman–Crippen LogP) is 4.10. The van der Waals surface area contributed by atoms with E-state index in [9.17, 15) is 4.79 Å². The number of rotatable bonds is 9. The van der Waals surface area contributed by atoms with E-state index < -0.39 is 0 Å². The van der Waals surface area contributed by atoms with E-state index in [1.54, 1.807) is 11.3 Å². The van der Waals surface area contributed by atoms with Gasteiger partial charge in [0.25, 0.3) is 0 Å². The highest BCUT2D eigenvalue weighted by atomic mass is 32.1. The SMILES string of the molecule is O=C(COCc1ccccc1)NCCNc1nc(-c2cccs2)nc2ccccc12. The Morgan fingerprint density at radius 3 is 2.60 bits per heavy atom. The van der Waals surface area contributed by atoms with Gasteiger partial charge in [0.15, 0.2) is 5.82 Å². The van der Waals surface area contributed by atoms with Gasteiger partial charge in [0, 0.05) is 18.5 Å². The molecular formula is C23H22N4O2S. The average Bonchev–Trinajstić information content (AvgIpc) is 3.32. The molecule has 0 bridgehead atoms. The zero-order chi connectivity index (χ0) is 20.6. The van der Waals surface area contributed by atoms with Crippen LogP contribution < -0.4 is 10.6 Å². The van der Waals surface area contributed by atoms with Crippen LogP contribution in [0.2, 0.25) is 0 Å². The highest BCUT2D eigenvalue weighted by Gasteiger charge is 2.10. The number of hydrogen-bond acceptors (Lipinski definition) is 6. The highest BCUT2D eigenvalue weighted by Crippen LogP contribution is 2.27. The van der Waals surface area contributed by atoms with Gasteiger partial charge < -0.3 is 15.4 Å². The Labute approximate surface area is 179 Å². The van der Waals surface area contributed by atoms with Crippen molar-refractivity contribution in [2.75, 3.05) is 25.0 Å². The molecule has 4 rings (SSSR count). The minimum Gasteiger partial charge on any atom is -0.368 e. The zero-order valence-electron chi connectivity index (χ0n) is 16.4. The molecule has 2 N–H and O–H groups in total. The summed E-state index contributed by atoms with van der Waals surface area (Å²) in [4.78, 5) is 22.4. The molecule has 0 aliphatic heterocycles. The van der Waals surface area contributed by atoms with Gasteiger partial charge in [-0.2, -0.15) is 0 Å². The number of amides is 1. The van der Waals surface area contributed by atoms with Crippen molar-refractivity contribution in [1.29, 1.82) is 0 Å². The lowest BCUT2D eigenvalue weighted by molar-refractivity contribution is -0.126. The molecule has 0 fully saturated rings. The van der Waals surface area contributed by atoms with Crippen LogP contribution in [0.1, 0.15) is 5.56 Å². The van der Waals surface area contributed by atoms with Crippen molar-refractivity contribution in [2.45, 2.75) is 6.61 Å². The Balaban J connectivity index is 1.30. The standard InChI is InChI=1S/C23H22N4O2S/c28-21(16-29-15-17-7-2-1-3-8-17)24-12-13-25-22-18-9-4-5-10-19(18)26-23(27-22)20-11-6-14-30-20/h1-11,14H,12-13,15-16H2,(H,24,28)(H,25,26,27). The number of para-hydroxylation sites is 1. The van der Waals surface area contributed by atoms with Crippen LogP contribution in [0.5, 0.6) is 0 Å². The van der Waals surface area contributed by atoms with E-state index in [1.165, 1.54) is 0 Å². The van der Waals surface area contributed by atoms with Crippen molar-refractivity contribution in [3.05, 3.63) is 77.7 Å². The smallest absolute Gasteiger partial charge is 0.246 e. The third-order valence-corrected chi connectivity index (χ3v) is 5.29. The summed E-state index contributed by atoms with van der Waals surface area (Å²) in [5, 5.41) is 9.15. The lowest BCUT2D eigenvalue weighted by Crippen LogP contribution is -2.31. The van der Waals surface area contributed by atoms with Crippen molar-refractivity contribution in [3.63, 3.8) is 0 Å². The summed E-state index contributed by atoms with van der Waals surface area (Å²) < 4.78 is 5.46. The lowest BCUT2D eigenvalue weighted by Gasteiger charge is -2.11. The zero-order valence-corrected chi connectivity index (χ0v) is 17.2. The van der Waals surface area contributed by atoms with Gasteiger partial charge >= 0.3 is 0 Å². The van der Waals surface area contributed by atoms with Crippen LogP contribution in [0.4, 0.5) is 5.82 Å². The fourth-order valence-electron chi connectivity index (χ4n) is 3.00. The molecule has 2 heterocycles. The summed E-state index contributed by atoms with van der Waals surface area (Å²) in [6.45, 7) is 1.48. The van der Waals surface area contributed by atoms with Crippen LogP contribution in [-0.2, 0) is 16.1 Å². The molecular weight excluding hydrogens is 396 g/mol. The molecule has 0 aliphatic carbocycles. The van der Waals surface area contributed by atoms with Gasteiger partial charge in [-0.25, -0.2) is 9.97 Å². The van der Waals surface area contributed by atoms with Crippen LogP contribution in [0.25, 0.3) is 21.6 Å². The number of ether oxygens (including phenoxy) is 1. The summed E-state index contributed by atoms with van der Waals surface area (Å²) in [6, 6.07) is 21.7. The summed E-state index contributed by atoms with van der Waals surface area (Å²) >= 11 is 1.61. The summed E-state index contributed by atoms with van der Waals surface area (Å²) in [7, 11) is 0. The Morgan fingerprint density at radius 1 is 0.933 bits per heavy atom. The number of anilines is 1. The second kappa shape index (κ2) is 9.96. The number of hydrogen-bond donors (Lipinski definition) is 2. The maximum Gasteiger partial charge on any atom is 0.246 e. The van der Waals surface area contributed by atoms with Crippen molar-refractivity contribution in [3.8, 4) is 10.7 Å². The Bertz CT molecular complexity index is 1100. The monoisotopic (exact) mass is 418 g/mol. The maximum atomic E-state index is 12.0. The number of nitrogens with zero attached hydrogens (tertiary/aromatic N) is 2. The molecule has 6 nitrogen and oxygen atoms in total. The normalized spacial score (nSPS) is 10.8. The first-order valence-electron chi connectivity index (χ1n) is 9.72. The molecule has 152 valence electrons. The summed E-state index contributed by atoms with van der Waals surface area (Å²) in [6.07, 6.45) is 0. The number of carbonyl (C=O) groups is 1. The van der Waals surface area contributed by atoms with E-state index in [4.69, 9.17) is 9.72 Å². The van der Waals surface area contributed by atoms with Crippen LogP contribution in [0.15, 0.2) is 72.1 Å². The van der Waals surface area contributed by atoms with Gasteiger partial charge in [-0.15, -0.1) is 11.3 Å². The lowest BCUT2D eigenvalue weighted by atomic mass is 10.2. The topological polar surface area (TPSA) is 76.1 Å². The van der Waals surface area contributed by atoms with Crippen molar-refractivity contribution < 1.29 is 9.53 Å². The second-order valence-electron chi connectivity index (χ2n) is 6.65. The van der Waals surface area contributed by atoms with Crippen LogP contribution in [0.3, 0.4) is 0 Å². The molecule has 0 unspecified atom stereocenters. The highest BCUT2D eigenvalue weighted by molar-refractivity contribution is 7.13. The predicted molar refractivity (Wildman–Crippen MR) is 120 cm³/mol. The Hall–Kier alpha value is -3.29. The van der Waals surface area contributed by atoms with E-state index >= 15 is 0 Å². The third-order valence-electron chi connectivity index (χ3n) is 4.43. The molecule has 7 heteroatoms. The second-order valence-corrected chi connectivity index (χ2v) is 7.59. The van der Waals surface area contributed by atoms with Gasteiger partial charge in [-0.05, 0) is 29.1 Å². The molecule has 0 radical (unpaired) electrons. The van der Waals surface area contributed by atoms with E-state index in [2.05, 4.69) is 15.6 Å². The van der Waals surface area contributed by atoms with Gasteiger partial charge in [0.1, 0.15) is 12.4 Å². The molecule has 4 aromatic rings. The third kappa shape index (κ3) is 5.20. The van der Waals surface area contributed by atoms with E-state index in [1.807, 2.05) is 72.1 Å². The van der Waals surface area contributed by atoms with Crippen LogP contribution >= 0.6 is 11.3 Å². The first kappa shape index (κ1) is 20.0. The van der Waals surface area contributed by atoms with Gasteiger partial charge in [-0.3, -0.25) is 4.79 Å². The van der Waals surface area contributed by atoms with Crippen molar-refractivity contribution in [1.82, 2.24) is 15.3 Å². The largest absolute Gasteiger partial charge is 0.368 e. The first-order valence-corrected chi connectivity index (χ1v) is 10.6. The number of nitrogens with one attached hydrogen (secondary N) is 2. The number of benzene rings is 2. The van der Waals surface area contributed by atoms with Crippen molar-refractivity contribution in [2.24, 2.45) is 0 Å². The van der Waals surface area contributed by atoms with E-state index in [0.717, 1.165) is 27.2 Å². The summed E-state index contributed by atoms with van der Waals surface area (Å²) in [5.74, 6) is 1.32. The van der Waals surface area contributed by atoms with Crippen molar-refractivity contribution >= 4 is 34.0 Å². The van der Waals surface area contributed by atoms with Gasteiger partial charge in [0.2, 0.25) is 5.91 Å². The fourth-order valence-corrected chi connectivity index (χ4v) is 3.65. The molecule has 2 aromatic heterocycles. The van der Waals surface area contributed by atoms with Crippen LogP contribution in [0, 0.1) is 0 Å². The number of thiophene rings is 1. The molecule has 0 atom stereocenters. The molecule has 30 heavy (non-hydrogen) atoms. The Kier molecular flexibility index (Phi) is 6.64. The van der Waals surface area contributed by atoms with Gasteiger partial charge in [-0.1, -0.05) is 48.5 Å². The van der Waals surface area contributed by atoms with E-state index in [-0.39, 0.29) is 12.5 Å². The summed E-state index contributed by atoms with van der Waals surface area (Å²) in [5.41, 5.74) is 1.93. The molecule has 2 aromatic carbocycles. The van der Waals surface area contributed by atoms with Crippen LogP contribution in [-0.4, -0.2) is 35.6 Å². The fraction of sp³-hybridized carbons (Fsp3) is 0.174. The molecule has 1 amide bonds. The molecule has 0 saturated heterocycles. The number of fused-ring (bicyclic) bond motifs is 1. The minimum atomic E-state index is -0.139. The number of carbonyl (C=O) groups excluding carboxylic acids is 1. The first-order chi connectivity index (χ1) is 14.8. The quantitative estimate of drug-likeness (QED) is 0.400. The molecule has 0 saturated carbocycles. The molecule has 0 spiro atoms. The maximum absolute atomic E-state index is 12.0. The van der Waals surface area contributed by atoms with E-state index in [0.29, 0.717) is 25.5 Å². The average molecular weight is 419 g/mol. The molecule has 0 aliphatic rings. The van der Waals surface area contributed by atoms with Gasteiger partial charge in [0.05, 0.1) is 17.0 Å². The number of aromatic nitrogens is 2. The minimum absolute atomic E-state index is 0.0356.